The molecular formula is C18H22FN3O3S2. The van der Waals surface area contributed by atoms with E-state index in [-0.39, 0.29) is 22.6 Å². The van der Waals surface area contributed by atoms with Gasteiger partial charge in [-0.1, -0.05) is 0 Å². The molecule has 3 rings (SSSR count). The van der Waals surface area contributed by atoms with Crippen molar-refractivity contribution >= 4 is 32.4 Å². The zero-order chi connectivity index (χ0) is 19.4. The summed E-state index contributed by atoms with van der Waals surface area (Å²) >= 11 is 1.45. The van der Waals surface area contributed by atoms with Gasteiger partial charge in [-0.15, -0.1) is 11.3 Å². The highest BCUT2D eigenvalue weighted by atomic mass is 32.2. The third-order valence-corrected chi connectivity index (χ3v) is 7.02. The number of thiazole rings is 1. The number of anilines is 1. The number of amides is 1. The minimum absolute atomic E-state index is 0.0188. The van der Waals surface area contributed by atoms with Crippen molar-refractivity contribution in [1.29, 1.82) is 0 Å². The number of carbonyl (C=O) groups is 1. The van der Waals surface area contributed by atoms with Gasteiger partial charge in [0, 0.05) is 23.5 Å². The second-order valence-corrected chi connectivity index (χ2v) is 9.79. The van der Waals surface area contributed by atoms with Gasteiger partial charge in [-0.3, -0.25) is 4.79 Å². The van der Waals surface area contributed by atoms with Crippen molar-refractivity contribution in [1.82, 2.24) is 9.71 Å². The average Bonchev–Trinajstić information content (AvgIpc) is 3.05. The molecule has 0 bridgehead atoms. The predicted octanol–water partition coefficient (Wildman–Crippen LogP) is 3.31. The molecule has 9 heteroatoms. The van der Waals surface area contributed by atoms with Gasteiger partial charge in [-0.05, 0) is 62.8 Å². The first-order chi connectivity index (χ1) is 12.8. The van der Waals surface area contributed by atoms with Crippen LogP contribution in [0.2, 0.25) is 0 Å². The summed E-state index contributed by atoms with van der Waals surface area (Å²) < 4.78 is 40.1. The molecule has 1 fully saturated rings. The third-order valence-electron chi connectivity index (χ3n) is 4.75. The fourth-order valence-electron chi connectivity index (χ4n) is 3.17. The number of halogens is 1. The summed E-state index contributed by atoms with van der Waals surface area (Å²) in [6.45, 7) is 2.26. The van der Waals surface area contributed by atoms with E-state index in [1.807, 2.05) is 6.92 Å². The summed E-state index contributed by atoms with van der Waals surface area (Å²) in [5.74, 6) is -0.376. The lowest BCUT2D eigenvalue weighted by Crippen LogP contribution is -2.33. The number of benzene rings is 1. The van der Waals surface area contributed by atoms with Crippen LogP contribution in [0, 0.1) is 24.6 Å². The summed E-state index contributed by atoms with van der Waals surface area (Å²) in [5.41, 5.74) is 0. The highest BCUT2D eigenvalue weighted by Crippen LogP contribution is 2.30. The van der Waals surface area contributed by atoms with Crippen molar-refractivity contribution in [2.45, 2.75) is 37.5 Å². The largest absolute Gasteiger partial charge is 0.302 e. The average molecular weight is 412 g/mol. The Kier molecular flexibility index (Phi) is 6.23. The smallest absolute Gasteiger partial charge is 0.240 e. The first-order valence-corrected chi connectivity index (χ1v) is 11.1. The first kappa shape index (κ1) is 19.9. The number of sulfonamides is 1. The third kappa shape index (κ3) is 5.33. The molecule has 0 spiro atoms. The van der Waals surface area contributed by atoms with Crippen LogP contribution in [0.5, 0.6) is 0 Å². The molecule has 1 amide bonds. The van der Waals surface area contributed by atoms with Gasteiger partial charge in [-0.2, -0.15) is 0 Å². The molecule has 0 radical (unpaired) electrons. The van der Waals surface area contributed by atoms with Crippen LogP contribution >= 0.6 is 11.3 Å². The van der Waals surface area contributed by atoms with Crippen molar-refractivity contribution in [2.24, 2.45) is 11.8 Å². The molecule has 1 aliphatic carbocycles. The Bertz CT molecular complexity index is 889. The normalized spacial score (nSPS) is 20.4. The Hall–Kier alpha value is -1.84. The Labute approximate surface area is 162 Å². The molecule has 1 aliphatic rings. The van der Waals surface area contributed by atoms with E-state index in [0.29, 0.717) is 11.7 Å². The van der Waals surface area contributed by atoms with Crippen molar-refractivity contribution < 1.29 is 17.6 Å². The first-order valence-electron chi connectivity index (χ1n) is 8.82. The minimum atomic E-state index is -3.65. The van der Waals surface area contributed by atoms with Crippen LogP contribution in [0.25, 0.3) is 0 Å². The maximum Gasteiger partial charge on any atom is 0.240 e. The van der Waals surface area contributed by atoms with E-state index >= 15 is 0 Å². The summed E-state index contributed by atoms with van der Waals surface area (Å²) in [7, 11) is -3.65. The molecule has 0 saturated heterocycles. The quantitative estimate of drug-likeness (QED) is 0.763. The second kappa shape index (κ2) is 8.45. The van der Waals surface area contributed by atoms with Gasteiger partial charge >= 0.3 is 0 Å². The zero-order valence-corrected chi connectivity index (χ0v) is 16.6. The molecule has 0 aliphatic heterocycles. The van der Waals surface area contributed by atoms with E-state index < -0.39 is 15.8 Å². The zero-order valence-electron chi connectivity index (χ0n) is 14.9. The van der Waals surface area contributed by atoms with Crippen molar-refractivity contribution in [3.63, 3.8) is 0 Å². The molecule has 2 aromatic rings. The highest BCUT2D eigenvalue weighted by Gasteiger charge is 2.27. The molecule has 0 unspecified atom stereocenters. The van der Waals surface area contributed by atoms with Gasteiger partial charge in [0.05, 0.1) is 4.90 Å². The lowest BCUT2D eigenvalue weighted by atomic mass is 9.81. The monoisotopic (exact) mass is 411 g/mol. The lowest BCUT2D eigenvalue weighted by molar-refractivity contribution is -0.121. The predicted molar refractivity (Wildman–Crippen MR) is 103 cm³/mol. The molecular weight excluding hydrogens is 389 g/mol. The maximum atomic E-state index is 12.9. The van der Waals surface area contributed by atoms with Crippen LogP contribution in [-0.2, 0) is 14.8 Å². The number of rotatable bonds is 6. The molecule has 6 nitrogen and oxygen atoms in total. The Morgan fingerprint density at radius 1 is 1.22 bits per heavy atom. The molecule has 0 atom stereocenters. The Morgan fingerprint density at radius 3 is 2.48 bits per heavy atom. The molecule has 1 aromatic carbocycles. The van der Waals surface area contributed by atoms with Gasteiger partial charge in [0.1, 0.15) is 5.82 Å². The molecule has 2 N–H and O–H groups in total. The number of aryl methyl sites for hydroxylation is 1. The van der Waals surface area contributed by atoms with Crippen molar-refractivity contribution in [3.8, 4) is 0 Å². The van der Waals surface area contributed by atoms with Gasteiger partial charge < -0.3 is 5.32 Å². The highest BCUT2D eigenvalue weighted by molar-refractivity contribution is 7.89. The number of nitrogens with zero attached hydrogens (tertiary/aromatic N) is 1. The van der Waals surface area contributed by atoms with Gasteiger partial charge in [0.15, 0.2) is 5.13 Å². The standard InChI is InChI=1S/C18H22FN3O3S2/c1-12-10-20-18(26-12)22-17(23)14-4-2-13(3-5-14)11-21-27(24,25)16-8-6-15(19)7-9-16/h6-10,13-14,21H,2-5,11H2,1H3,(H,20,22,23). The SMILES string of the molecule is Cc1cnc(NC(=O)C2CCC(CNS(=O)(=O)c3ccc(F)cc3)CC2)s1. The Balaban J connectivity index is 1.46. The number of hydrogen-bond acceptors (Lipinski definition) is 5. The summed E-state index contributed by atoms with van der Waals surface area (Å²) in [6, 6.07) is 4.75. The van der Waals surface area contributed by atoms with Gasteiger partial charge in [-0.25, -0.2) is 22.5 Å². The molecule has 27 heavy (non-hydrogen) atoms. The van der Waals surface area contributed by atoms with E-state index in [1.165, 1.54) is 23.5 Å². The molecule has 146 valence electrons. The molecule has 1 aromatic heterocycles. The Morgan fingerprint density at radius 2 is 1.89 bits per heavy atom. The van der Waals surface area contributed by atoms with Gasteiger partial charge in [0.2, 0.25) is 15.9 Å². The number of nitrogens with one attached hydrogen (secondary N) is 2. The van der Waals surface area contributed by atoms with Crippen LogP contribution in [0.4, 0.5) is 9.52 Å². The van der Waals surface area contributed by atoms with Crippen molar-refractivity contribution in [3.05, 3.63) is 41.2 Å². The summed E-state index contributed by atoms with van der Waals surface area (Å²) in [5, 5.41) is 3.47. The summed E-state index contributed by atoms with van der Waals surface area (Å²) in [4.78, 5) is 17.6. The van der Waals surface area contributed by atoms with Gasteiger partial charge in [0.25, 0.3) is 0 Å². The maximum absolute atomic E-state index is 12.9. The molecule has 1 saturated carbocycles. The summed E-state index contributed by atoms with van der Waals surface area (Å²) in [6.07, 6.45) is 4.73. The van der Waals surface area contributed by atoms with E-state index in [2.05, 4.69) is 15.0 Å². The van der Waals surface area contributed by atoms with Crippen molar-refractivity contribution in [2.75, 3.05) is 11.9 Å². The van der Waals surface area contributed by atoms with Crippen LogP contribution < -0.4 is 10.0 Å². The molecule has 1 heterocycles. The number of hydrogen-bond donors (Lipinski definition) is 2. The van der Waals surface area contributed by atoms with Crippen LogP contribution in [0.1, 0.15) is 30.6 Å². The minimum Gasteiger partial charge on any atom is -0.302 e. The van der Waals surface area contributed by atoms with E-state index in [9.17, 15) is 17.6 Å². The second-order valence-electron chi connectivity index (χ2n) is 6.79. The van der Waals surface area contributed by atoms with Crippen LogP contribution in [0.15, 0.2) is 35.4 Å². The fourth-order valence-corrected chi connectivity index (χ4v) is 4.96. The van der Waals surface area contributed by atoms with E-state index in [1.54, 1.807) is 6.20 Å². The number of carbonyl (C=O) groups excluding carboxylic acids is 1. The van der Waals surface area contributed by atoms with E-state index in [4.69, 9.17) is 0 Å². The van der Waals surface area contributed by atoms with E-state index in [0.717, 1.165) is 42.7 Å². The van der Waals surface area contributed by atoms with Crippen LogP contribution in [0.3, 0.4) is 0 Å². The lowest BCUT2D eigenvalue weighted by Gasteiger charge is -2.27. The topological polar surface area (TPSA) is 88.2 Å². The number of aromatic nitrogens is 1. The van der Waals surface area contributed by atoms with Crippen LogP contribution in [-0.4, -0.2) is 25.9 Å². The fraction of sp³-hybridized carbons (Fsp3) is 0.444.